The number of benzene rings is 1. The molecule has 0 radical (unpaired) electrons. The summed E-state index contributed by atoms with van der Waals surface area (Å²) >= 11 is 0. The van der Waals surface area contributed by atoms with Gasteiger partial charge in [0.25, 0.3) is 5.91 Å². The molecule has 0 heterocycles. The van der Waals surface area contributed by atoms with Crippen LogP contribution in [0.4, 0.5) is 4.39 Å². The molecule has 1 aromatic carbocycles. The highest BCUT2D eigenvalue weighted by molar-refractivity contribution is 5.80. The van der Waals surface area contributed by atoms with Gasteiger partial charge in [-0.25, -0.2) is 4.39 Å². The van der Waals surface area contributed by atoms with Crippen LogP contribution in [0.2, 0.25) is 0 Å². The van der Waals surface area contributed by atoms with Gasteiger partial charge in [0.15, 0.2) is 17.7 Å². The number of amides is 1. The molecular weight excluding hydrogens is 275 g/mol. The second-order valence-corrected chi connectivity index (χ2v) is 4.55. The second kappa shape index (κ2) is 9.31. The Balaban J connectivity index is 2.69. The van der Waals surface area contributed by atoms with E-state index in [2.05, 4.69) is 10.6 Å². The van der Waals surface area contributed by atoms with Gasteiger partial charge in [0.1, 0.15) is 0 Å². The Kier molecular flexibility index (Phi) is 7.71. The maximum atomic E-state index is 13.9. The van der Waals surface area contributed by atoms with Crippen LogP contribution in [0, 0.1) is 5.82 Å². The van der Waals surface area contributed by atoms with Crippen molar-refractivity contribution in [2.24, 2.45) is 0 Å². The fourth-order valence-electron chi connectivity index (χ4n) is 1.73. The predicted octanol–water partition coefficient (Wildman–Crippen LogP) is 1.47. The van der Waals surface area contributed by atoms with Gasteiger partial charge in [-0.05, 0) is 19.5 Å². The molecule has 0 spiro atoms. The number of methoxy groups -OCH3 is 1. The molecule has 0 aliphatic carbocycles. The first-order chi connectivity index (χ1) is 10.1. The van der Waals surface area contributed by atoms with Crippen LogP contribution in [0.25, 0.3) is 0 Å². The normalized spacial score (nSPS) is 12.0. The quantitative estimate of drug-likeness (QED) is 0.678. The van der Waals surface area contributed by atoms with Crippen molar-refractivity contribution in [2.45, 2.75) is 26.5 Å². The first-order valence-corrected chi connectivity index (χ1v) is 7.01. The molecule has 0 saturated carbocycles. The molecule has 0 saturated heterocycles. The van der Waals surface area contributed by atoms with E-state index >= 15 is 0 Å². The van der Waals surface area contributed by atoms with Crippen LogP contribution in [0.3, 0.4) is 0 Å². The molecule has 6 heteroatoms. The van der Waals surface area contributed by atoms with E-state index < -0.39 is 11.9 Å². The zero-order valence-electron chi connectivity index (χ0n) is 12.7. The highest BCUT2D eigenvalue weighted by Crippen LogP contribution is 2.23. The Hall–Kier alpha value is -1.66. The maximum absolute atomic E-state index is 13.9. The van der Waals surface area contributed by atoms with E-state index in [0.717, 1.165) is 6.54 Å². The molecular formula is C15H23FN2O3. The van der Waals surface area contributed by atoms with Gasteiger partial charge in [0.2, 0.25) is 0 Å². The van der Waals surface area contributed by atoms with Gasteiger partial charge >= 0.3 is 0 Å². The lowest BCUT2D eigenvalue weighted by Gasteiger charge is -2.18. The Morgan fingerprint density at radius 1 is 1.43 bits per heavy atom. The van der Waals surface area contributed by atoms with Gasteiger partial charge in [-0.1, -0.05) is 19.1 Å². The fourth-order valence-corrected chi connectivity index (χ4v) is 1.73. The van der Waals surface area contributed by atoms with Gasteiger partial charge in [-0.2, -0.15) is 0 Å². The predicted molar refractivity (Wildman–Crippen MR) is 78.8 cm³/mol. The molecule has 0 fully saturated rings. The number of ether oxygens (including phenoxy) is 2. The molecule has 0 aliphatic rings. The number of halogens is 1. The Morgan fingerprint density at radius 3 is 2.86 bits per heavy atom. The molecule has 0 aliphatic heterocycles. The maximum Gasteiger partial charge on any atom is 0.260 e. The van der Waals surface area contributed by atoms with Gasteiger partial charge in [0.05, 0.1) is 6.61 Å². The summed E-state index contributed by atoms with van der Waals surface area (Å²) in [4.78, 5) is 11.8. The van der Waals surface area contributed by atoms with E-state index in [4.69, 9.17) is 9.47 Å². The highest BCUT2D eigenvalue weighted by atomic mass is 19.1. The summed E-state index contributed by atoms with van der Waals surface area (Å²) in [5.41, 5.74) is 0.688. The minimum Gasteiger partial charge on any atom is -0.477 e. The number of rotatable bonds is 9. The van der Waals surface area contributed by atoms with E-state index in [0.29, 0.717) is 25.3 Å². The topological polar surface area (TPSA) is 59.6 Å². The summed E-state index contributed by atoms with van der Waals surface area (Å²) in [6, 6.07) is 4.72. The number of para-hydroxylation sites is 1. The summed E-state index contributed by atoms with van der Waals surface area (Å²) in [5, 5.41) is 5.77. The molecule has 1 atom stereocenters. The van der Waals surface area contributed by atoms with Crippen LogP contribution in [0.15, 0.2) is 18.2 Å². The summed E-state index contributed by atoms with van der Waals surface area (Å²) in [5.74, 6) is -0.653. The zero-order valence-corrected chi connectivity index (χ0v) is 12.7. The Labute approximate surface area is 124 Å². The Bertz CT molecular complexity index is 455. The SMILES string of the molecule is CCNCc1cccc(F)c1OC(C)C(=O)NCCOC. The lowest BCUT2D eigenvalue weighted by molar-refractivity contribution is -0.127. The lowest BCUT2D eigenvalue weighted by Crippen LogP contribution is -2.38. The number of carbonyl (C=O) groups excluding carboxylic acids is 1. The third-order valence-corrected chi connectivity index (χ3v) is 2.88. The molecule has 1 unspecified atom stereocenters. The lowest BCUT2D eigenvalue weighted by atomic mass is 10.2. The van der Waals surface area contributed by atoms with Crippen molar-refractivity contribution in [3.63, 3.8) is 0 Å². The van der Waals surface area contributed by atoms with E-state index in [-0.39, 0.29) is 11.7 Å². The summed E-state index contributed by atoms with van der Waals surface area (Å²) in [7, 11) is 1.55. The van der Waals surface area contributed by atoms with Gasteiger partial charge in [-0.15, -0.1) is 0 Å². The van der Waals surface area contributed by atoms with E-state index in [1.54, 1.807) is 26.2 Å². The number of nitrogens with one attached hydrogen (secondary N) is 2. The third-order valence-electron chi connectivity index (χ3n) is 2.88. The van der Waals surface area contributed by atoms with Crippen molar-refractivity contribution < 1.29 is 18.7 Å². The smallest absolute Gasteiger partial charge is 0.260 e. The average molecular weight is 298 g/mol. The number of carbonyl (C=O) groups is 1. The minimum atomic E-state index is -0.779. The van der Waals surface area contributed by atoms with Gasteiger partial charge in [-0.3, -0.25) is 4.79 Å². The van der Waals surface area contributed by atoms with Crippen LogP contribution < -0.4 is 15.4 Å². The number of hydrogen-bond acceptors (Lipinski definition) is 4. The summed E-state index contributed by atoms with van der Waals surface area (Å²) < 4.78 is 24.3. The standard InChI is InChI=1S/C15H23FN2O3/c1-4-17-10-12-6-5-7-13(16)14(12)21-11(2)15(19)18-8-9-20-3/h5-7,11,17H,4,8-10H2,1-3H3,(H,18,19). The van der Waals surface area contributed by atoms with E-state index in [1.807, 2.05) is 6.92 Å². The van der Waals surface area contributed by atoms with Crippen LogP contribution in [0.5, 0.6) is 5.75 Å². The molecule has 1 rings (SSSR count). The van der Waals surface area contributed by atoms with Crippen LogP contribution >= 0.6 is 0 Å². The molecule has 1 aromatic rings. The first-order valence-electron chi connectivity index (χ1n) is 7.01. The van der Waals surface area contributed by atoms with E-state index in [9.17, 15) is 9.18 Å². The van der Waals surface area contributed by atoms with Gasteiger partial charge < -0.3 is 20.1 Å². The fraction of sp³-hybridized carbons (Fsp3) is 0.533. The van der Waals surface area contributed by atoms with E-state index in [1.165, 1.54) is 6.07 Å². The summed E-state index contributed by atoms with van der Waals surface area (Å²) in [6.45, 7) is 5.62. The van der Waals surface area contributed by atoms with Crippen molar-refractivity contribution >= 4 is 5.91 Å². The molecule has 0 bridgehead atoms. The first kappa shape index (κ1) is 17.4. The molecule has 2 N–H and O–H groups in total. The number of hydrogen-bond donors (Lipinski definition) is 2. The second-order valence-electron chi connectivity index (χ2n) is 4.55. The third kappa shape index (κ3) is 5.69. The highest BCUT2D eigenvalue weighted by Gasteiger charge is 2.18. The van der Waals surface area contributed by atoms with Crippen LogP contribution in [-0.2, 0) is 16.1 Å². The van der Waals surface area contributed by atoms with Crippen LogP contribution in [0.1, 0.15) is 19.4 Å². The zero-order chi connectivity index (χ0) is 15.7. The van der Waals surface area contributed by atoms with Crippen LogP contribution in [-0.4, -0.2) is 38.8 Å². The molecule has 21 heavy (non-hydrogen) atoms. The molecule has 5 nitrogen and oxygen atoms in total. The summed E-state index contributed by atoms with van der Waals surface area (Å²) in [6.07, 6.45) is -0.779. The molecule has 1 amide bonds. The van der Waals surface area contributed by atoms with Crippen molar-refractivity contribution in [1.29, 1.82) is 0 Å². The minimum absolute atomic E-state index is 0.118. The monoisotopic (exact) mass is 298 g/mol. The van der Waals surface area contributed by atoms with Crippen molar-refractivity contribution in [1.82, 2.24) is 10.6 Å². The van der Waals surface area contributed by atoms with Crippen molar-refractivity contribution in [3.8, 4) is 5.75 Å². The van der Waals surface area contributed by atoms with Crippen molar-refractivity contribution in [3.05, 3.63) is 29.6 Å². The molecule has 0 aromatic heterocycles. The Morgan fingerprint density at radius 2 is 2.19 bits per heavy atom. The molecule has 118 valence electrons. The largest absolute Gasteiger partial charge is 0.477 e. The average Bonchev–Trinajstić information content (AvgIpc) is 2.47. The van der Waals surface area contributed by atoms with Gasteiger partial charge in [0, 0.05) is 25.8 Å². The van der Waals surface area contributed by atoms with Crippen molar-refractivity contribution in [2.75, 3.05) is 26.8 Å².